The van der Waals surface area contributed by atoms with Gasteiger partial charge in [-0.15, -0.1) is 11.8 Å². The van der Waals surface area contributed by atoms with E-state index in [1.165, 1.54) is 12.7 Å². The van der Waals surface area contributed by atoms with Gasteiger partial charge < -0.3 is 9.30 Å². The van der Waals surface area contributed by atoms with Crippen molar-refractivity contribution in [3.63, 3.8) is 0 Å². The van der Waals surface area contributed by atoms with Crippen LogP contribution in [-0.4, -0.2) is 23.9 Å². The summed E-state index contributed by atoms with van der Waals surface area (Å²) in [6, 6.07) is 18.1. The Balaban J connectivity index is 2.19. The van der Waals surface area contributed by atoms with Gasteiger partial charge in [0.05, 0.1) is 18.6 Å². The largest absolute Gasteiger partial charge is 0.465 e. The monoisotopic (exact) mass is 311 g/mol. The molecule has 0 aliphatic carbocycles. The highest BCUT2D eigenvalue weighted by molar-refractivity contribution is 7.97. The molecule has 4 heteroatoms. The second-order valence-corrected chi connectivity index (χ2v) is 5.84. The number of hydrogen-bond acceptors (Lipinski definition) is 3. The molecule has 3 rings (SSSR count). The fourth-order valence-corrected chi connectivity index (χ4v) is 3.17. The normalized spacial score (nSPS) is 10.8. The van der Waals surface area contributed by atoms with E-state index in [-0.39, 0.29) is 5.97 Å². The lowest BCUT2D eigenvalue weighted by molar-refractivity contribution is 0.0601. The Morgan fingerprint density at radius 3 is 2.59 bits per heavy atom. The van der Waals surface area contributed by atoms with Gasteiger partial charge in [0.2, 0.25) is 0 Å². The summed E-state index contributed by atoms with van der Waals surface area (Å²) in [6.07, 6.45) is 2.09. The van der Waals surface area contributed by atoms with Crippen molar-refractivity contribution < 1.29 is 9.53 Å². The molecular weight excluding hydrogens is 294 g/mol. The van der Waals surface area contributed by atoms with Crippen molar-refractivity contribution >= 4 is 28.6 Å². The van der Waals surface area contributed by atoms with Gasteiger partial charge in [-0.2, -0.15) is 0 Å². The number of fused-ring (bicyclic) bond motifs is 1. The molecule has 0 N–H and O–H groups in total. The lowest BCUT2D eigenvalue weighted by Gasteiger charge is -2.09. The number of carbonyl (C=O) groups is 1. The number of carbonyl (C=O) groups excluding carboxylic acids is 1. The van der Waals surface area contributed by atoms with Crippen LogP contribution in [0.4, 0.5) is 0 Å². The van der Waals surface area contributed by atoms with Crippen molar-refractivity contribution in [3.8, 4) is 11.3 Å². The SMILES string of the molecule is COC(=O)c1ccc2c(c1)cc(-c1ccccc1)n2CSC. The Kier molecular flexibility index (Phi) is 4.20. The van der Waals surface area contributed by atoms with E-state index in [1.54, 1.807) is 11.8 Å². The summed E-state index contributed by atoms with van der Waals surface area (Å²) in [5.74, 6) is 0.562. The minimum absolute atomic E-state index is 0.305. The van der Waals surface area contributed by atoms with Gasteiger partial charge in [0.1, 0.15) is 0 Å². The predicted octanol–water partition coefficient (Wildman–Crippen LogP) is 4.42. The van der Waals surface area contributed by atoms with Crippen molar-refractivity contribution in [2.75, 3.05) is 13.4 Å². The maximum absolute atomic E-state index is 11.7. The summed E-state index contributed by atoms with van der Waals surface area (Å²) in [6.45, 7) is 0. The summed E-state index contributed by atoms with van der Waals surface area (Å²) in [5, 5.41) is 1.05. The number of aromatic nitrogens is 1. The molecule has 112 valence electrons. The van der Waals surface area contributed by atoms with Crippen molar-refractivity contribution in [1.29, 1.82) is 0 Å². The maximum atomic E-state index is 11.7. The van der Waals surface area contributed by atoms with E-state index in [9.17, 15) is 4.79 Å². The number of hydrogen-bond donors (Lipinski definition) is 0. The first kappa shape index (κ1) is 14.7. The van der Waals surface area contributed by atoms with Crippen LogP contribution in [0.25, 0.3) is 22.2 Å². The molecule has 3 nitrogen and oxygen atoms in total. The quantitative estimate of drug-likeness (QED) is 0.669. The molecule has 1 heterocycles. The third kappa shape index (κ3) is 2.62. The number of methoxy groups -OCH3 is 1. The van der Waals surface area contributed by atoms with Crippen molar-refractivity contribution in [2.45, 2.75) is 5.88 Å². The third-order valence-electron chi connectivity index (χ3n) is 3.65. The van der Waals surface area contributed by atoms with Crippen LogP contribution in [0.1, 0.15) is 10.4 Å². The molecule has 1 aromatic heterocycles. The molecule has 0 radical (unpaired) electrons. The minimum Gasteiger partial charge on any atom is -0.465 e. The summed E-state index contributed by atoms with van der Waals surface area (Å²) < 4.78 is 7.08. The smallest absolute Gasteiger partial charge is 0.337 e. The Hall–Kier alpha value is -2.20. The lowest BCUT2D eigenvalue weighted by Crippen LogP contribution is -2.01. The van der Waals surface area contributed by atoms with Crippen LogP contribution >= 0.6 is 11.8 Å². The number of rotatable bonds is 4. The molecule has 0 saturated carbocycles. The molecule has 0 spiro atoms. The molecule has 0 amide bonds. The first-order valence-electron chi connectivity index (χ1n) is 7.00. The average molecular weight is 311 g/mol. The number of ether oxygens (including phenoxy) is 1. The van der Waals surface area contributed by atoms with Gasteiger partial charge in [-0.3, -0.25) is 0 Å². The highest BCUT2D eigenvalue weighted by Crippen LogP contribution is 2.30. The van der Waals surface area contributed by atoms with E-state index in [4.69, 9.17) is 4.74 Å². The molecule has 0 unspecified atom stereocenters. The van der Waals surface area contributed by atoms with E-state index in [1.807, 2.05) is 36.4 Å². The first-order valence-corrected chi connectivity index (χ1v) is 8.40. The van der Waals surface area contributed by atoms with Gasteiger partial charge in [-0.1, -0.05) is 30.3 Å². The van der Waals surface area contributed by atoms with Crippen LogP contribution in [0.2, 0.25) is 0 Å². The summed E-state index contributed by atoms with van der Waals surface area (Å²) >= 11 is 1.77. The fourth-order valence-electron chi connectivity index (χ4n) is 2.63. The lowest BCUT2D eigenvalue weighted by atomic mass is 10.1. The highest BCUT2D eigenvalue weighted by atomic mass is 32.2. The van der Waals surface area contributed by atoms with Crippen LogP contribution in [-0.2, 0) is 10.6 Å². The van der Waals surface area contributed by atoms with Crippen LogP contribution in [0, 0.1) is 0 Å². The molecule has 2 aromatic carbocycles. The molecule has 0 fully saturated rings. The predicted molar refractivity (Wildman–Crippen MR) is 92.2 cm³/mol. The number of esters is 1. The van der Waals surface area contributed by atoms with E-state index >= 15 is 0 Å². The standard InChI is InChI=1S/C18H17NO2S/c1-21-18(20)14-8-9-16-15(10-14)11-17(19(16)12-22-2)13-6-4-3-5-7-13/h3-11H,12H2,1-2H3. The van der Waals surface area contributed by atoms with Crippen molar-refractivity contribution in [3.05, 3.63) is 60.2 Å². The van der Waals surface area contributed by atoms with Gasteiger partial charge in [-0.25, -0.2) is 4.79 Å². The van der Waals surface area contributed by atoms with Gasteiger partial charge in [0, 0.05) is 16.6 Å². The zero-order valence-corrected chi connectivity index (χ0v) is 13.4. The zero-order chi connectivity index (χ0) is 15.5. The number of benzene rings is 2. The molecular formula is C18H17NO2S. The summed E-state index contributed by atoms with van der Waals surface area (Å²) in [4.78, 5) is 11.7. The third-order valence-corrected chi connectivity index (χ3v) is 4.17. The van der Waals surface area contributed by atoms with Gasteiger partial charge in [0.25, 0.3) is 0 Å². The van der Waals surface area contributed by atoms with E-state index < -0.39 is 0 Å². The molecule has 22 heavy (non-hydrogen) atoms. The molecule has 0 aliphatic rings. The van der Waals surface area contributed by atoms with E-state index in [2.05, 4.69) is 29.0 Å². The van der Waals surface area contributed by atoms with Crippen LogP contribution in [0.5, 0.6) is 0 Å². The fraction of sp³-hybridized carbons (Fsp3) is 0.167. The van der Waals surface area contributed by atoms with Crippen LogP contribution < -0.4 is 0 Å². The highest BCUT2D eigenvalue weighted by Gasteiger charge is 2.13. The van der Waals surface area contributed by atoms with E-state index in [0.29, 0.717) is 5.56 Å². The Bertz CT molecular complexity index is 809. The summed E-state index contributed by atoms with van der Waals surface area (Å²) in [5.41, 5.74) is 4.04. The van der Waals surface area contributed by atoms with Gasteiger partial charge in [0.15, 0.2) is 0 Å². The van der Waals surface area contributed by atoms with Crippen molar-refractivity contribution in [2.24, 2.45) is 0 Å². The summed E-state index contributed by atoms with van der Waals surface area (Å²) in [7, 11) is 1.40. The maximum Gasteiger partial charge on any atom is 0.337 e. The Labute approximate surface area is 133 Å². The first-order chi connectivity index (χ1) is 10.7. The van der Waals surface area contributed by atoms with E-state index in [0.717, 1.165) is 22.5 Å². The number of thioether (sulfide) groups is 1. The topological polar surface area (TPSA) is 31.2 Å². The van der Waals surface area contributed by atoms with Crippen molar-refractivity contribution in [1.82, 2.24) is 4.57 Å². The second kappa shape index (κ2) is 6.28. The van der Waals surface area contributed by atoms with Gasteiger partial charge >= 0.3 is 5.97 Å². The average Bonchev–Trinajstić information content (AvgIpc) is 2.93. The molecule has 0 bridgehead atoms. The van der Waals surface area contributed by atoms with Crippen LogP contribution in [0.3, 0.4) is 0 Å². The number of nitrogens with zero attached hydrogens (tertiary/aromatic N) is 1. The molecule has 0 aliphatic heterocycles. The zero-order valence-electron chi connectivity index (χ0n) is 12.6. The second-order valence-electron chi connectivity index (χ2n) is 5.01. The molecule has 0 atom stereocenters. The molecule has 0 saturated heterocycles. The van der Waals surface area contributed by atoms with Gasteiger partial charge in [-0.05, 0) is 36.1 Å². The van der Waals surface area contributed by atoms with Crippen LogP contribution in [0.15, 0.2) is 54.6 Å². The Morgan fingerprint density at radius 2 is 1.91 bits per heavy atom. The molecule has 3 aromatic rings. The Morgan fingerprint density at radius 1 is 1.14 bits per heavy atom. The minimum atomic E-state index is -0.305.